The molecule has 0 rings (SSSR count). The van der Waals surface area contributed by atoms with E-state index in [1.165, 1.54) is 97.7 Å². The van der Waals surface area contributed by atoms with Gasteiger partial charge in [0.2, 0.25) is 0 Å². The molecule has 0 aliphatic heterocycles. The van der Waals surface area contributed by atoms with Crippen LogP contribution in [-0.4, -0.2) is 87.2 Å². The van der Waals surface area contributed by atoms with E-state index >= 15 is 0 Å². The molecule has 66 heavy (non-hydrogen) atoms. The normalized spacial score (nSPS) is 12.3. The summed E-state index contributed by atoms with van der Waals surface area (Å²) in [5.41, 5.74) is 0. The fourth-order valence-corrected chi connectivity index (χ4v) is 8.72. The number of ether oxygens (including phenoxy) is 4. The average molecular weight is 1000 g/mol. The molecular weight excluding hydrogens is 911 g/mol. The van der Waals surface area contributed by atoms with Gasteiger partial charge in [0, 0.05) is 25.7 Å². The molecule has 0 saturated heterocycles. The summed E-state index contributed by atoms with van der Waals surface area (Å²) in [6, 6.07) is 0. The predicted octanol–water partition coefficient (Wildman–Crippen LogP) is 5.57. The Morgan fingerprint density at radius 1 is 0.424 bits per heavy atom. The Balaban J connectivity index is -0.000000302. The van der Waals surface area contributed by atoms with Crippen molar-refractivity contribution in [1.82, 2.24) is 0 Å². The van der Waals surface area contributed by atoms with Crippen molar-refractivity contribution >= 4 is 44.1 Å². The van der Waals surface area contributed by atoms with Gasteiger partial charge in [0.1, 0.15) is 22.3 Å². The zero-order valence-corrected chi connectivity index (χ0v) is 48.9. The van der Waals surface area contributed by atoms with E-state index in [4.69, 9.17) is 9.47 Å². The summed E-state index contributed by atoms with van der Waals surface area (Å²) in [5.74, 6) is -1.80. The molecule has 382 valence electrons. The van der Waals surface area contributed by atoms with Crippen molar-refractivity contribution in [3.63, 3.8) is 0 Å². The number of carbonyl (C=O) groups is 4. The molecule has 0 amide bonds. The van der Waals surface area contributed by atoms with Crippen molar-refractivity contribution in [2.24, 2.45) is 0 Å². The van der Waals surface area contributed by atoms with Crippen LogP contribution in [0.1, 0.15) is 247 Å². The molecule has 0 aliphatic carbocycles. The minimum atomic E-state index is -4.45. The van der Waals surface area contributed by atoms with Gasteiger partial charge in [-0.25, -0.2) is 16.8 Å². The molecule has 0 aromatic heterocycles. The van der Waals surface area contributed by atoms with Gasteiger partial charge in [0.15, 0.2) is 0 Å². The Kier molecular flexibility index (Phi) is 59.4. The standard InChI is InChI=1S/C21H40O7S.C18H36O5S.C9H18O2.2Na/c1-3-4-5-6-7-10-14-17-21(23)28-19(18-29(24,25)26)15-12-9-8-11-13-16-20(22)27-2;1-4-7-8-9-10-11-12-13-14-15-18(19)23-16(5-2)17(6-3)24(20,21)22;1-3-4-5-6-7-8-9(10)11-2;;/h19H,3-18H2,1-2H3,(H,24,25,26);16-17H,4-15H2,1-3H3,(H,20,21,22);3-8H2,1-2H3;;/q;;;2*+1/p-2. The Hall–Kier alpha value is -0.300. The first-order valence-electron chi connectivity index (χ1n) is 24.9. The summed E-state index contributed by atoms with van der Waals surface area (Å²) >= 11 is 0. The van der Waals surface area contributed by atoms with Crippen molar-refractivity contribution in [2.45, 2.75) is 264 Å². The summed E-state index contributed by atoms with van der Waals surface area (Å²) in [5, 5.41) is -1.14. The van der Waals surface area contributed by atoms with Gasteiger partial charge in [-0.2, -0.15) is 0 Å². The molecule has 0 spiro atoms. The predicted molar refractivity (Wildman–Crippen MR) is 253 cm³/mol. The third-order valence-electron chi connectivity index (χ3n) is 10.9. The second kappa shape index (κ2) is 52.5. The van der Waals surface area contributed by atoms with Crippen LogP contribution in [0.15, 0.2) is 0 Å². The maximum Gasteiger partial charge on any atom is 1.00 e. The van der Waals surface area contributed by atoms with Gasteiger partial charge in [-0.1, -0.05) is 169 Å². The first-order valence-corrected chi connectivity index (χ1v) is 27.9. The SMILES string of the molecule is CCCCCCCC(=O)OC.CCCCCCCCCC(=O)OC(CCCCCCCC(=O)OC)CS(=O)(=O)[O-].CCCCCCCCCCCC(=O)OC(CC)C(CC)S(=O)(=O)[O-].[Na+].[Na+]. The summed E-state index contributed by atoms with van der Waals surface area (Å²) in [7, 11) is -6.09. The summed E-state index contributed by atoms with van der Waals surface area (Å²) < 4.78 is 86.5. The second-order valence-electron chi connectivity index (χ2n) is 16.8. The first-order chi connectivity index (χ1) is 30.5. The molecular formula is C48H92Na2O14S2. The monoisotopic (exact) mass is 1000 g/mol. The number of unbranched alkanes of at least 4 members (excludes halogenated alkanes) is 22. The summed E-state index contributed by atoms with van der Waals surface area (Å²) in [6.45, 7) is 9.90. The number of carbonyl (C=O) groups excluding carboxylic acids is 4. The first kappa shape index (κ1) is 74.6. The minimum Gasteiger partial charge on any atom is -0.748 e. The number of hydrogen-bond acceptors (Lipinski definition) is 14. The van der Waals surface area contributed by atoms with Crippen molar-refractivity contribution in [3.05, 3.63) is 0 Å². The minimum absolute atomic E-state index is 0. The van der Waals surface area contributed by atoms with Gasteiger partial charge in [0.25, 0.3) is 0 Å². The zero-order chi connectivity index (χ0) is 48.9. The third kappa shape index (κ3) is 54.6. The maximum absolute atomic E-state index is 12.0. The summed E-state index contributed by atoms with van der Waals surface area (Å²) in [4.78, 5) is 45.5. The summed E-state index contributed by atoms with van der Waals surface area (Å²) in [6.07, 6.45) is 28.6. The van der Waals surface area contributed by atoms with E-state index < -0.39 is 55.4 Å². The van der Waals surface area contributed by atoms with Gasteiger partial charge in [-0.05, 0) is 51.4 Å². The van der Waals surface area contributed by atoms with Crippen LogP contribution in [0.2, 0.25) is 0 Å². The van der Waals surface area contributed by atoms with Gasteiger partial charge < -0.3 is 28.1 Å². The van der Waals surface area contributed by atoms with Crippen LogP contribution in [0.25, 0.3) is 0 Å². The molecule has 0 fully saturated rings. The number of hydrogen-bond donors (Lipinski definition) is 0. The quantitative estimate of drug-likeness (QED) is 0.0241. The molecule has 0 aromatic carbocycles. The maximum atomic E-state index is 12.0. The van der Waals surface area contributed by atoms with E-state index in [0.29, 0.717) is 38.5 Å². The molecule has 0 aromatic rings. The fourth-order valence-electron chi connectivity index (χ4n) is 7.01. The van der Waals surface area contributed by atoms with Gasteiger partial charge >= 0.3 is 83.0 Å². The Labute approximate surface area is 447 Å². The molecule has 0 aliphatic rings. The molecule has 0 radical (unpaired) electrons. The second-order valence-corrected chi connectivity index (χ2v) is 19.8. The van der Waals surface area contributed by atoms with E-state index in [0.717, 1.165) is 77.0 Å². The Morgan fingerprint density at radius 2 is 0.727 bits per heavy atom. The van der Waals surface area contributed by atoms with Crippen LogP contribution in [-0.2, 0) is 58.4 Å². The molecule has 0 bridgehead atoms. The zero-order valence-electron chi connectivity index (χ0n) is 43.3. The van der Waals surface area contributed by atoms with E-state index in [1.54, 1.807) is 13.8 Å². The molecule has 18 heteroatoms. The smallest absolute Gasteiger partial charge is 0.748 e. The van der Waals surface area contributed by atoms with E-state index in [2.05, 4.69) is 30.2 Å². The molecule has 0 saturated carbocycles. The largest absolute Gasteiger partial charge is 1.00 e. The van der Waals surface area contributed by atoms with Crippen molar-refractivity contribution in [1.29, 1.82) is 0 Å². The van der Waals surface area contributed by atoms with Crippen LogP contribution in [0.5, 0.6) is 0 Å². The average Bonchev–Trinajstić information content (AvgIpc) is 3.24. The van der Waals surface area contributed by atoms with Crippen molar-refractivity contribution < 1.29 is 123 Å². The van der Waals surface area contributed by atoms with Crippen molar-refractivity contribution in [2.75, 3.05) is 20.0 Å². The molecule has 0 heterocycles. The van der Waals surface area contributed by atoms with Gasteiger partial charge in [-0.15, -0.1) is 0 Å². The van der Waals surface area contributed by atoms with Crippen LogP contribution in [0, 0.1) is 0 Å². The topological polar surface area (TPSA) is 220 Å². The van der Waals surface area contributed by atoms with Crippen LogP contribution in [0.4, 0.5) is 0 Å². The molecule has 3 unspecified atom stereocenters. The molecule has 0 N–H and O–H groups in total. The third-order valence-corrected chi connectivity index (χ3v) is 13.0. The van der Waals surface area contributed by atoms with Gasteiger partial charge in [0.05, 0.1) is 35.3 Å². The van der Waals surface area contributed by atoms with E-state index in [9.17, 15) is 45.1 Å². The molecule has 3 atom stereocenters. The fraction of sp³-hybridized carbons (Fsp3) is 0.917. The Morgan fingerprint density at radius 3 is 1.02 bits per heavy atom. The van der Waals surface area contributed by atoms with E-state index in [-0.39, 0.29) is 83.9 Å². The van der Waals surface area contributed by atoms with E-state index in [1.807, 2.05) is 0 Å². The number of esters is 4. The van der Waals surface area contributed by atoms with Crippen molar-refractivity contribution in [3.8, 4) is 0 Å². The van der Waals surface area contributed by atoms with Crippen LogP contribution < -0.4 is 59.1 Å². The number of rotatable bonds is 40. The van der Waals surface area contributed by atoms with Crippen LogP contribution >= 0.6 is 0 Å². The van der Waals surface area contributed by atoms with Crippen LogP contribution in [0.3, 0.4) is 0 Å². The molecule has 14 nitrogen and oxygen atoms in total. The number of methoxy groups -OCH3 is 2. The van der Waals surface area contributed by atoms with Gasteiger partial charge in [-0.3, -0.25) is 19.2 Å². The Bertz CT molecular complexity index is 1350.